The molecule has 0 spiro atoms. The van der Waals surface area contributed by atoms with Crippen molar-refractivity contribution in [3.8, 4) is 0 Å². The number of aromatic nitrogens is 2. The van der Waals surface area contributed by atoms with Gasteiger partial charge in [-0.3, -0.25) is 0 Å². The lowest BCUT2D eigenvalue weighted by molar-refractivity contribution is 0.587. The maximum absolute atomic E-state index is 4.72. The average Bonchev–Trinajstić information content (AvgIpc) is 2.62. The van der Waals surface area contributed by atoms with Gasteiger partial charge in [-0.15, -0.1) is 0 Å². The summed E-state index contributed by atoms with van der Waals surface area (Å²) in [5.74, 6) is 1.59. The van der Waals surface area contributed by atoms with Gasteiger partial charge in [-0.05, 0) is 42.7 Å². The summed E-state index contributed by atoms with van der Waals surface area (Å²) in [6, 6.07) is 21.1. The molecule has 0 saturated carbocycles. The van der Waals surface area contributed by atoms with Gasteiger partial charge in [0.25, 0.3) is 0 Å². The monoisotopic (exact) mass is 316 g/mol. The maximum atomic E-state index is 4.72. The van der Waals surface area contributed by atoms with Crippen LogP contribution in [-0.4, -0.2) is 16.0 Å². The highest BCUT2D eigenvalue weighted by atomic mass is 15.2. The molecule has 2 heterocycles. The molecule has 1 N–H and O–H groups in total. The Morgan fingerprint density at radius 3 is 2.54 bits per heavy atom. The fourth-order valence-corrected chi connectivity index (χ4v) is 3.21. The summed E-state index contributed by atoms with van der Waals surface area (Å²) in [6.45, 7) is 3.14. The first-order valence-electron chi connectivity index (χ1n) is 8.28. The zero-order valence-corrected chi connectivity index (χ0v) is 13.7. The number of anilines is 3. The topological polar surface area (TPSA) is 41.1 Å². The summed E-state index contributed by atoms with van der Waals surface area (Å²) in [7, 11) is 0. The normalized spacial score (nSPS) is 16.5. The fourth-order valence-electron chi connectivity index (χ4n) is 3.21. The van der Waals surface area contributed by atoms with Gasteiger partial charge in [-0.2, -0.15) is 4.98 Å². The average molecular weight is 316 g/mol. The third-order valence-corrected chi connectivity index (χ3v) is 4.47. The third kappa shape index (κ3) is 2.95. The molecule has 0 bridgehead atoms. The minimum absolute atomic E-state index is 0.416. The highest BCUT2D eigenvalue weighted by Crippen LogP contribution is 2.27. The van der Waals surface area contributed by atoms with E-state index in [0.29, 0.717) is 12.0 Å². The van der Waals surface area contributed by atoms with Crippen LogP contribution in [0.3, 0.4) is 0 Å². The van der Waals surface area contributed by atoms with Crippen molar-refractivity contribution in [3.05, 3.63) is 78.0 Å². The molecule has 4 nitrogen and oxygen atoms in total. The van der Waals surface area contributed by atoms with Crippen LogP contribution in [0.4, 0.5) is 17.5 Å². The number of hydrogen-bond donors (Lipinski definition) is 1. The minimum atomic E-state index is 0.416. The van der Waals surface area contributed by atoms with Crippen molar-refractivity contribution in [2.75, 3.05) is 10.2 Å². The van der Waals surface area contributed by atoms with Crippen LogP contribution in [0, 0.1) is 0 Å². The fraction of sp³-hybridized carbons (Fsp3) is 0.200. The molecule has 24 heavy (non-hydrogen) atoms. The Bertz CT molecular complexity index is 832. The molecule has 1 aliphatic heterocycles. The van der Waals surface area contributed by atoms with Crippen LogP contribution in [0.2, 0.25) is 0 Å². The molecule has 4 heteroatoms. The number of fused-ring (bicyclic) bond motifs is 1. The molecule has 0 fully saturated rings. The van der Waals surface area contributed by atoms with Crippen molar-refractivity contribution in [2.45, 2.75) is 25.9 Å². The molecule has 2 aromatic carbocycles. The van der Waals surface area contributed by atoms with Crippen molar-refractivity contribution >= 4 is 17.5 Å². The molecule has 3 aromatic rings. The molecular weight excluding hydrogens is 296 g/mol. The first-order chi connectivity index (χ1) is 11.8. The van der Waals surface area contributed by atoms with Gasteiger partial charge < -0.3 is 10.2 Å². The van der Waals surface area contributed by atoms with Crippen LogP contribution >= 0.6 is 0 Å². The lowest BCUT2D eigenvalue weighted by atomic mass is 9.95. The molecule has 120 valence electrons. The van der Waals surface area contributed by atoms with E-state index >= 15 is 0 Å². The van der Waals surface area contributed by atoms with Crippen molar-refractivity contribution in [3.63, 3.8) is 0 Å². The first kappa shape index (κ1) is 14.7. The van der Waals surface area contributed by atoms with Crippen molar-refractivity contribution in [1.82, 2.24) is 9.97 Å². The summed E-state index contributed by atoms with van der Waals surface area (Å²) >= 11 is 0. The summed E-state index contributed by atoms with van der Waals surface area (Å²) in [5.41, 5.74) is 3.82. The van der Waals surface area contributed by atoms with Crippen LogP contribution in [-0.2, 0) is 13.0 Å². The highest BCUT2D eigenvalue weighted by Gasteiger charge is 2.23. The Morgan fingerprint density at radius 2 is 1.71 bits per heavy atom. The maximum Gasteiger partial charge on any atom is 0.229 e. The largest absolute Gasteiger partial charge is 0.349 e. The SMILES string of the molecule is C[C@H]1Cc2ccccc2CN1c1ccnc(Nc2ccccc2)n1. The Balaban J connectivity index is 1.59. The Morgan fingerprint density at radius 1 is 0.958 bits per heavy atom. The summed E-state index contributed by atoms with van der Waals surface area (Å²) in [4.78, 5) is 11.4. The smallest absolute Gasteiger partial charge is 0.229 e. The molecule has 4 rings (SSSR count). The first-order valence-corrected chi connectivity index (χ1v) is 8.28. The number of nitrogens with one attached hydrogen (secondary N) is 1. The lowest BCUT2D eigenvalue weighted by Crippen LogP contribution is -2.39. The van der Waals surface area contributed by atoms with E-state index in [9.17, 15) is 0 Å². The van der Waals surface area contributed by atoms with Gasteiger partial charge in [0.2, 0.25) is 5.95 Å². The van der Waals surface area contributed by atoms with E-state index in [0.717, 1.165) is 24.5 Å². The molecule has 0 unspecified atom stereocenters. The second kappa shape index (κ2) is 6.32. The molecule has 1 aromatic heterocycles. The number of hydrogen-bond acceptors (Lipinski definition) is 4. The zero-order valence-electron chi connectivity index (χ0n) is 13.7. The van der Waals surface area contributed by atoms with Crippen LogP contribution in [0.1, 0.15) is 18.1 Å². The van der Waals surface area contributed by atoms with Crippen molar-refractivity contribution in [1.29, 1.82) is 0 Å². The predicted molar refractivity (Wildman–Crippen MR) is 97.5 cm³/mol. The Kier molecular flexibility index (Phi) is 3.87. The molecule has 0 radical (unpaired) electrons. The van der Waals surface area contributed by atoms with Gasteiger partial charge in [0.05, 0.1) is 0 Å². The second-order valence-corrected chi connectivity index (χ2v) is 6.18. The molecule has 0 aliphatic carbocycles. The molecule has 0 saturated heterocycles. The van der Waals surface area contributed by atoms with Gasteiger partial charge in [0, 0.05) is 24.5 Å². The summed E-state index contributed by atoms with van der Waals surface area (Å²) < 4.78 is 0. The lowest BCUT2D eigenvalue weighted by Gasteiger charge is -2.35. The Labute approximate surface area is 142 Å². The predicted octanol–water partition coefficient (Wildman–Crippen LogP) is 4.17. The number of nitrogens with zero attached hydrogens (tertiary/aromatic N) is 3. The van der Waals surface area contributed by atoms with Crippen LogP contribution in [0.25, 0.3) is 0 Å². The van der Waals surface area contributed by atoms with Crippen LogP contribution < -0.4 is 10.2 Å². The van der Waals surface area contributed by atoms with E-state index in [2.05, 4.69) is 46.4 Å². The van der Waals surface area contributed by atoms with Crippen molar-refractivity contribution < 1.29 is 0 Å². The van der Waals surface area contributed by atoms with Gasteiger partial charge in [-0.25, -0.2) is 4.98 Å². The van der Waals surface area contributed by atoms with E-state index in [-0.39, 0.29) is 0 Å². The summed E-state index contributed by atoms with van der Waals surface area (Å²) in [5, 5.41) is 3.27. The second-order valence-electron chi connectivity index (χ2n) is 6.18. The number of para-hydroxylation sites is 1. The van der Waals surface area contributed by atoms with Crippen LogP contribution in [0.5, 0.6) is 0 Å². The van der Waals surface area contributed by atoms with Crippen molar-refractivity contribution in [2.24, 2.45) is 0 Å². The van der Waals surface area contributed by atoms with Gasteiger partial charge in [0.15, 0.2) is 0 Å². The van der Waals surface area contributed by atoms with E-state index in [4.69, 9.17) is 4.98 Å². The molecular formula is C20H20N4. The van der Waals surface area contributed by atoms with E-state index < -0.39 is 0 Å². The number of rotatable bonds is 3. The Hall–Kier alpha value is -2.88. The van der Waals surface area contributed by atoms with Gasteiger partial charge in [-0.1, -0.05) is 42.5 Å². The standard InChI is InChI=1S/C20H20N4/c1-15-13-16-7-5-6-8-17(16)14-24(15)19-11-12-21-20(23-19)22-18-9-3-2-4-10-18/h2-12,15H,13-14H2,1H3,(H,21,22,23)/t15-/m0/s1. The third-order valence-electron chi connectivity index (χ3n) is 4.47. The minimum Gasteiger partial charge on any atom is -0.349 e. The molecule has 0 amide bonds. The zero-order chi connectivity index (χ0) is 16.4. The molecule has 1 atom stereocenters. The van der Waals surface area contributed by atoms with Gasteiger partial charge >= 0.3 is 0 Å². The highest BCUT2D eigenvalue weighted by molar-refractivity contribution is 5.55. The summed E-state index contributed by atoms with van der Waals surface area (Å²) in [6.07, 6.45) is 2.86. The van der Waals surface area contributed by atoms with E-state index in [1.54, 1.807) is 0 Å². The van der Waals surface area contributed by atoms with Gasteiger partial charge in [0.1, 0.15) is 5.82 Å². The molecule has 1 aliphatic rings. The van der Waals surface area contributed by atoms with E-state index in [1.165, 1.54) is 11.1 Å². The van der Waals surface area contributed by atoms with E-state index in [1.807, 2.05) is 42.6 Å². The van der Waals surface area contributed by atoms with Crippen LogP contribution in [0.15, 0.2) is 66.9 Å². The number of benzene rings is 2. The quantitative estimate of drug-likeness (QED) is 0.787.